The second-order valence-corrected chi connectivity index (χ2v) is 5.77. The van der Waals surface area contributed by atoms with E-state index >= 15 is 0 Å². The first-order chi connectivity index (χ1) is 14.5. The largest absolute Gasteiger partial charge is 1.00 e. The summed E-state index contributed by atoms with van der Waals surface area (Å²) in [5.74, 6) is -0.436. The smallest absolute Gasteiger partial charge is 0.703 e. The molecule has 192 valence electrons. The number of rotatable bonds is 19. The van der Waals surface area contributed by atoms with Crippen LogP contribution in [-0.4, -0.2) is 83.2 Å². The Bertz CT molecular complexity index is 490. The molecule has 0 spiro atoms. The normalized spacial score (nSPS) is 9.85. The van der Waals surface area contributed by atoms with Crippen LogP contribution in [0, 0.1) is 13.0 Å². The monoisotopic (exact) mass is 566 g/mol. The Hall–Kier alpha value is 0.155. The molecular weight excluding hydrogens is 523 g/mol. The number of carbonyl (C=O) groups excluding carboxylic acids is 2. The number of carbonyl (C=O) groups is 2. The van der Waals surface area contributed by atoms with Crippen molar-refractivity contribution in [3.63, 3.8) is 0 Å². The maximum Gasteiger partial charge on any atom is 1.00 e. The van der Waals surface area contributed by atoms with Crippen LogP contribution >= 0.6 is 9.90 Å². The summed E-state index contributed by atoms with van der Waals surface area (Å²) in [6.45, 7) is 7.46. The van der Waals surface area contributed by atoms with Crippen molar-refractivity contribution >= 4 is 21.7 Å². The fraction of sp³-hybridized carbons (Fsp3) is 0.750. The number of likely N-dealkylation sites (N-methyl/N-ethyl adjacent to an activating group) is 1. The maximum atomic E-state index is 11.8. The van der Waals surface area contributed by atoms with Crippen molar-refractivity contribution in [2.45, 2.75) is 33.1 Å². The maximum absolute atomic E-state index is 11.8. The molecule has 4 N–H and O–H groups in total. The molecule has 0 bridgehead atoms. The summed E-state index contributed by atoms with van der Waals surface area (Å²) in [4.78, 5) is 24.0. The van der Waals surface area contributed by atoms with Gasteiger partial charge in [-0.3, -0.25) is 9.59 Å². The Labute approximate surface area is 251 Å². The van der Waals surface area contributed by atoms with Crippen molar-refractivity contribution in [3.05, 3.63) is 25.1 Å². The van der Waals surface area contributed by atoms with Crippen LogP contribution in [0.15, 0.2) is 17.0 Å². The molecule has 0 aliphatic heterocycles. The van der Waals surface area contributed by atoms with Gasteiger partial charge >= 0.3 is 58.2 Å². The summed E-state index contributed by atoms with van der Waals surface area (Å²) >= 11 is 0. The van der Waals surface area contributed by atoms with E-state index in [0.29, 0.717) is 65.6 Å². The molecule has 1 unspecified atom stereocenters. The predicted octanol–water partition coefficient (Wildman–Crippen LogP) is -0.370. The summed E-state index contributed by atoms with van der Waals surface area (Å²) in [5.41, 5.74) is 19.0. The molecule has 0 saturated heterocycles. The van der Waals surface area contributed by atoms with Gasteiger partial charge in [0.05, 0.1) is 58.6 Å². The fourth-order valence-corrected chi connectivity index (χ4v) is 1.87. The van der Waals surface area contributed by atoms with Gasteiger partial charge in [0, 0.05) is 26.4 Å². The molecular formula is C20H44N5O6PRb-. The summed E-state index contributed by atoms with van der Waals surface area (Å²) in [5, 5.41) is 3.12. The molecule has 13 heteroatoms. The molecule has 1 atom stereocenters. The zero-order valence-electron chi connectivity index (χ0n) is 21.2. The van der Waals surface area contributed by atoms with Gasteiger partial charge < -0.3 is 42.7 Å². The molecule has 2 amide bonds. The van der Waals surface area contributed by atoms with Crippen LogP contribution < -0.4 is 63.9 Å². The number of amides is 2. The SMILES string of the molecule is CC.CN(CCOCCOCCOCCOCC(=C[NH-])N=N)C(=O)CCCC(N)=O.P.[CH3-].[Rb+]. The van der Waals surface area contributed by atoms with Crippen LogP contribution in [0.4, 0.5) is 0 Å². The summed E-state index contributed by atoms with van der Waals surface area (Å²) < 4.78 is 21.2. The van der Waals surface area contributed by atoms with Gasteiger partial charge in [-0.05, 0) is 6.42 Å². The van der Waals surface area contributed by atoms with Gasteiger partial charge in [-0.1, -0.05) is 13.8 Å². The summed E-state index contributed by atoms with van der Waals surface area (Å²) in [7, 11) is 1.69. The van der Waals surface area contributed by atoms with E-state index in [1.165, 1.54) is 0 Å². The van der Waals surface area contributed by atoms with Gasteiger partial charge in [-0.15, -0.1) is 0 Å². The number of nitrogens with zero attached hydrogens (tertiary/aromatic N) is 2. The van der Waals surface area contributed by atoms with Gasteiger partial charge in [-0.25, -0.2) is 5.53 Å². The van der Waals surface area contributed by atoms with Crippen LogP contribution in [0.2, 0.25) is 0 Å². The topological polar surface area (TPSA) is 160 Å². The van der Waals surface area contributed by atoms with Crippen LogP contribution in [0.1, 0.15) is 33.1 Å². The number of nitrogens with one attached hydrogen (secondary N) is 2. The Morgan fingerprint density at radius 1 is 0.970 bits per heavy atom. The third-order valence-corrected chi connectivity index (χ3v) is 3.49. The van der Waals surface area contributed by atoms with E-state index in [2.05, 4.69) is 5.11 Å². The molecule has 0 aliphatic rings. The van der Waals surface area contributed by atoms with Crippen LogP contribution in [0.25, 0.3) is 5.73 Å². The van der Waals surface area contributed by atoms with E-state index in [0.717, 1.165) is 6.20 Å². The molecule has 0 saturated carbocycles. The average molecular weight is 567 g/mol. The first-order valence-electron chi connectivity index (χ1n) is 10.1. The van der Waals surface area contributed by atoms with Crippen LogP contribution in [0.5, 0.6) is 0 Å². The van der Waals surface area contributed by atoms with Gasteiger partial charge in [0.2, 0.25) is 11.8 Å². The number of hydrogen-bond donors (Lipinski definition) is 2. The molecule has 0 aromatic rings. The third kappa shape index (κ3) is 32.2. The second-order valence-electron chi connectivity index (χ2n) is 5.77. The van der Waals surface area contributed by atoms with E-state index in [-0.39, 0.29) is 100 Å². The molecule has 0 fully saturated rings. The molecule has 0 aromatic carbocycles. The molecule has 0 aromatic heterocycles. The predicted molar refractivity (Wildman–Crippen MR) is 130 cm³/mol. The minimum absolute atomic E-state index is 0. The van der Waals surface area contributed by atoms with Crippen molar-refractivity contribution in [1.29, 1.82) is 5.53 Å². The Balaban J connectivity index is -0.000000507. The van der Waals surface area contributed by atoms with E-state index in [9.17, 15) is 9.59 Å². The molecule has 11 nitrogen and oxygen atoms in total. The Morgan fingerprint density at radius 3 is 1.85 bits per heavy atom. The van der Waals surface area contributed by atoms with Crippen LogP contribution in [-0.2, 0) is 28.5 Å². The zero-order valence-corrected chi connectivity index (χ0v) is 27.5. The zero-order chi connectivity index (χ0) is 23.0. The molecule has 0 radical (unpaired) electrons. The van der Waals surface area contributed by atoms with Gasteiger partial charge in [-0.2, -0.15) is 21.2 Å². The average Bonchev–Trinajstić information content (AvgIpc) is 2.75. The van der Waals surface area contributed by atoms with Crippen LogP contribution in [0.3, 0.4) is 0 Å². The number of primary amides is 1. The van der Waals surface area contributed by atoms with Gasteiger partial charge in [0.15, 0.2) is 0 Å². The van der Waals surface area contributed by atoms with E-state index in [1.807, 2.05) is 13.8 Å². The molecule has 0 aliphatic carbocycles. The third-order valence-electron chi connectivity index (χ3n) is 3.49. The Morgan fingerprint density at radius 2 is 1.42 bits per heavy atom. The van der Waals surface area contributed by atoms with Gasteiger partial charge in [0.1, 0.15) is 0 Å². The second kappa shape index (κ2) is 34.3. The summed E-state index contributed by atoms with van der Waals surface area (Å²) in [6.07, 6.45) is 1.96. The number of ether oxygens (including phenoxy) is 4. The van der Waals surface area contributed by atoms with E-state index in [1.54, 1.807) is 11.9 Å². The standard InChI is InChI=1S/C17H33N5O6.C2H6.CH3.H3P.Rb/c1-22(17(24)4-2-3-16(19)23)5-6-25-7-8-26-9-10-27-11-12-28-14-15(13-18)21-20;1-2;;;/h13H,2-12,14H2,1H3,(H5,18,19,20,23);1-2H3;2*1H3;/q;;-1;;+1/p-1. The molecule has 0 rings (SSSR count). The minimum atomic E-state index is -0.398. The Kier molecular flexibility index (Phi) is 45.0. The first-order valence-corrected chi connectivity index (χ1v) is 10.1. The van der Waals surface area contributed by atoms with E-state index in [4.69, 9.17) is 35.9 Å². The first kappa shape index (κ1) is 43.2. The van der Waals surface area contributed by atoms with Crippen molar-refractivity contribution in [3.8, 4) is 0 Å². The van der Waals surface area contributed by atoms with Crippen molar-refractivity contribution in [2.24, 2.45) is 10.8 Å². The fourth-order valence-electron chi connectivity index (χ4n) is 1.87. The minimum Gasteiger partial charge on any atom is -0.703 e. The molecule has 0 heterocycles. The van der Waals surface area contributed by atoms with Gasteiger partial charge in [0.25, 0.3) is 0 Å². The summed E-state index contributed by atoms with van der Waals surface area (Å²) in [6, 6.07) is 0. The molecule has 33 heavy (non-hydrogen) atoms. The van der Waals surface area contributed by atoms with Crippen molar-refractivity contribution in [2.75, 3.05) is 66.4 Å². The van der Waals surface area contributed by atoms with E-state index < -0.39 is 5.91 Å². The van der Waals surface area contributed by atoms with Crippen molar-refractivity contribution < 1.29 is 86.7 Å². The quantitative estimate of drug-likeness (QED) is 0.0938. The van der Waals surface area contributed by atoms with Crippen molar-refractivity contribution in [1.82, 2.24) is 4.90 Å². The number of hydrogen-bond acceptors (Lipinski definition) is 8. The number of nitrogens with two attached hydrogens (primary N) is 1.